The van der Waals surface area contributed by atoms with E-state index in [1.54, 1.807) is 0 Å². The van der Waals surface area contributed by atoms with Gasteiger partial charge in [-0.2, -0.15) is 0 Å². The molecule has 0 aliphatic rings. The molecule has 0 aliphatic carbocycles. The summed E-state index contributed by atoms with van der Waals surface area (Å²) in [5.41, 5.74) is 0. The zero-order chi connectivity index (χ0) is 10.7. The fourth-order valence-electron chi connectivity index (χ4n) is 0.265. The topological polar surface area (TPSA) is 237 Å². The smallest absolute Gasteiger partial charge is 0.412 e. The third-order valence-corrected chi connectivity index (χ3v) is 4.89. The van der Waals surface area contributed by atoms with Crippen molar-refractivity contribution >= 4 is 0 Å². The van der Waals surface area contributed by atoms with E-state index in [2.05, 4.69) is 0 Å². The van der Waals surface area contributed by atoms with Gasteiger partial charge in [0.15, 0.2) is 0 Å². The van der Waals surface area contributed by atoms with Crippen LogP contribution < -0.4 is 233 Å². The number of hydrogen-bond donors (Lipinski definition) is 0. The maximum absolute atomic E-state index is 8.58. The first-order valence-electron chi connectivity index (χ1n) is 2.40. The Morgan fingerprint density at radius 2 is 0.500 bits per heavy atom. The summed E-state index contributed by atoms with van der Waals surface area (Å²) in [6.45, 7) is 0. The van der Waals surface area contributed by atoms with E-state index < -0.39 is 10.7 Å². The van der Waals surface area contributed by atoms with Gasteiger partial charge in [-0.05, 0) is 0 Å². The molecule has 0 amide bonds. The van der Waals surface area contributed by atoms with Crippen LogP contribution >= 0.6 is 0 Å². The van der Waals surface area contributed by atoms with Gasteiger partial charge in [0.05, 0.1) is 0 Å². The fraction of sp³-hybridized carbons (Fsp3) is 0. The van der Waals surface area contributed by atoms with E-state index in [4.69, 9.17) is 31.6 Å². The van der Waals surface area contributed by atoms with Gasteiger partial charge < -0.3 is 16.4 Å². The zero-order valence-corrected chi connectivity index (χ0v) is 32.3. The first-order chi connectivity index (χ1) is 5.97. The summed E-state index contributed by atoms with van der Waals surface area (Å²) < 4.78 is 0. The van der Waals surface area contributed by atoms with Gasteiger partial charge in [0.25, 0.3) is 0 Å². The SMILES string of the molecule is N#[C][Fe-4]([C]#N)([C]#N)([C]#N)([C]#N)[C]#N.O.O.O.[Rb+].[Rb+].[Rb+].[Rb+]. The number of rotatable bonds is 0. The minimum atomic E-state index is -6.17. The second-order valence-electron chi connectivity index (χ2n) is 1.80. The first kappa shape index (κ1) is 49.7. The van der Waals surface area contributed by atoms with Gasteiger partial charge in [0, 0.05) is 0 Å². The van der Waals surface area contributed by atoms with E-state index in [-0.39, 0.29) is 249 Å². The molecule has 0 saturated heterocycles. The molecule has 0 unspecified atom stereocenters. The monoisotopic (exact) mass is 606 g/mol. The number of hydrogen-bond acceptors (Lipinski definition) is 6. The Balaban J connectivity index is -0.0000000343. The summed E-state index contributed by atoms with van der Waals surface area (Å²) in [5.74, 6) is 0. The Bertz CT molecular complexity index is 413. The molecule has 0 aromatic carbocycles. The number of nitrogens with zero attached hydrogens (tertiary/aromatic N) is 6. The molecule has 0 saturated carbocycles. The summed E-state index contributed by atoms with van der Waals surface area (Å²) in [6, 6.07) is 0. The summed E-state index contributed by atoms with van der Waals surface area (Å²) in [6.07, 6.45) is 0. The van der Waals surface area contributed by atoms with E-state index in [0.717, 1.165) is 29.8 Å². The van der Waals surface area contributed by atoms with Crippen molar-refractivity contribution in [2.24, 2.45) is 0 Å². The van der Waals surface area contributed by atoms with Crippen molar-refractivity contribution in [1.82, 2.24) is 0 Å². The molecule has 6 N–H and O–H groups in total. The standard InChI is InChI=1S/6CN.Fe.3H2O.4Rb/c6*1-2;;;;;;;;/h;;;;;;;3*1H2;;;;/q;;;;;;-4;;;;4*+1. The second-order valence-corrected chi connectivity index (χ2v) is 7.42. The molecule has 14 heteroatoms. The van der Waals surface area contributed by atoms with Crippen LogP contribution in [-0.2, 0) is 10.7 Å². The van der Waals surface area contributed by atoms with Crippen LogP contribution in [0.1, 0.15) is 0 Å². The van der Waals surface area contributed by atoms with Crippen molar-refractivity contribution < 1.29 is 260 Å². The molecule has 0 aromatic rings. The molecule has 0 fully saturated rings. The van der Waals surface area contributed by atoms with Gasteiger partial charge in [-0.25, -0.2) is 0 Å². The van der Waals surface area contributed by atoms with Gasteiger partial charge in [-0.3, -0.25) is 0 Å². The maximum atomic E-state index is 8.58. The Hall–Kier alpha value is 4.56. The molecule has 0 spiro atoms. The van der Waals surface area contributed by atoms with E-state index in [9.17, 15) is 0 Å². The third kappa shape index (κ3) is 8.78. The van der Waals surface area contributed by atoms with Crippen molar-refractivity contribution in [3.8, 4) is 29.8 Å². The minimum Gasteiger partial charge on any atom is -0.412 e. The van der Waals surface area contributed by atoms with Crippen LogP contribution in [-0.4, -0.2) is 16.4 Å². The van der Waals surface area contributed by atoms with E-state index in [1.807, 2.05) is 0 Å². The molecule has 20 heavy (non-hydrogen) atoms. The van der Waals surface area contributed by atoms with Crippen LogP contribution in [0.3, 0.4) is 0 Å². The Kier molecular flexibility index (Phi) is 45.6. The van der Waals surface area contributed by atoms with Gasteiger partial charge >= 0.3 is 305 Å². The largest absolute Gasteiger partial charge is 1.00 e. The summed E-state index contributed by atoms with van der Waals surface area (Å²) >= 11 is 0. The Morgan fingerprint density at radius 3 is 0.500 bits per heavy atom. The van der Waals surface area contributed by atoms with Gasteiger partial charge in [0.2, 0.25) is 0 Å². The predicted octanol–water partition coefficient (Wildman–Crippen LogP) is -14.4. The van der Waals surface area contributed by atoms with Crippen LogP contribution in [0.25, 0.3) is 0 Å². The zero-order valence-electron chi connectivity index (χ0n) is 11.5. The average molecular weight is 608 g/mol. The summed E-state index contributed by atoms with van der Waals surface area (Å²) in [7, 11) is -6.17. The van der Waals surface area contributed by atoms with Crippen LogP contribution in [0.15, 0.2) is 0 Å². The van der Waals surface area contributed by atoms with Gasteiger partial charge in [0.1, 0.15) is 0 Å². The van der Waals surface area contributed by atoms with Crippen LogP contribution in [0, 0.1) is 61.4 Å². The third-order valence-electron chi connectivity index (χ3n) is 1.19. The van der Waals surface area contributed by atoms with Crippen molar-refractivity contribution in [2.75, 3.05) is 0 Å². The van der Waals surface area contributed by atoms with E-state index in [0.29, 0.717) is 0 Å². The van der Waals surface area contributed by atoms with Gasteiger partial charge in [-0.15, -0.1) is 0 Å². The summed E-state index contributed by atoms with van der Waals surface area (Å²) in [4.78, 5) is 6.19. The number of nitriles is 6. The predicted molar refractivity (Wildman–Crippen MR) is 44.5 cm³/mol. The van der Waals surface area contributed by atoms with Crippen molar-refractivity contribution in [3.63, 3.8) is 0 Å². The second kappa shape index (κ2) is 18.4. The molecule has 0 rings (SSSR count). The first-order valence-corrected chi connectivity index (χ1v) is 5.71. The van der Waals surface area contributed by atoms with Crippen LogP contribution in [0.5, 0.6) is 0 Å². The van der Waals surface area contributed by atoms with Crippen molar-refractivity contribution in [3.05, 3.63) is 0 Å². The van der Waals surface area contributed by atoms with E-state index >= 15 is 0 Å². The fourth-order valence-corrected chi connectivity index (χ4v) is 1.09. The molecular formula is C6H6FeN6O3Rb4. The molecule has 0 atom stereocenters. The molecule has 0 bridgehead atoms. The van der Waals surface area contributed by atoms with Crippen molar-refractivity contribution in [1.29, 1.82) is 31.6 Å². The molecule has 0 aromatic heterocycles. The maximum Gasteiger partial charge on any atom is 1.00 e. The van der Waals surface area contributed by atoms with Gasteiger partial charge in [-0.1, -0.05) is 0 Å². The Morgan fingerprint density at radius 1 is 0.400 bits per heavy atom. The molecule has 90 valence electrons. The molecular weight excluding hydrogens is 602 g/mol. The summed E-state index contributed by atoms with van der Waals surface area (Å²) in [5, 5.41) is 51.5. The molecule has 0 aliphatic heterocycles. The van der Waals surface area contributed by atoms with Crippen LogP contribution in [0.2, 0.25) is 0 Å². The molecule has 0 radical (unpaired) electrons. The quantitative estimate of drug-likeness (QED) is 0.242. The normalized spacial score (nSPS) is 8.70. The average Bonchev–Trinajstić information content (AvgIpc) is 2.26. The molecule has 0 heterocycles. The Labute approximate surface area is 310 Å². The molecule has 9 nitrogen and oxygen atoms in total. The van der Waals surface area contributed by atoms with Crippen molar-refractivity contribution in [2.45, 2.75) is 0 Å². The van der Waals surface area contributed by atoms with Crippen LogP contribution in [0.4, 0.5) is 0 Å². The minimum absolute atomic E-state index is 0. The van der Waals surface area contributed by atoms with E-state index in [1.165, 1.54) is 0 Å².